The van der Waals surface area contributed by atoms with Crippen molar-refractivity contribution in [3.8, 4) is 0 Å². The SMILES string of the molecule is CNCC(C)C(=O)NCCc1ccco1. The molecule has 1 atom stereocenters. The fourth-order valence-corrected chi connectivity index (χ4v) is 1.34. The number of carbonyl (C=O) groups is 1. The quantitative estimate of drug-likeness (QED) is 0.730. The lowest BCUT2D eigenvalue weighted by Crippen LogP contribution is -2.35. The summed E-state index contributed by atoms with van der Waals surface area (Å²) in [5, 5.41) is 5.84. The zero-order valence-electron chi connectivity index (χ0n) is 9.25. The molecule has 0 fully saturated rings. The van der Waals surface area contributed by atoms with E-state index >= 15 is 0 Å². The van der Waals surface area contributed by atoms with E-state index in [2.05, 4.69) is 10.6 Å². The highest BCUT2D eigenvalue weighted by molar-refractivity contribution is 5.78. The van der Waals surface area contributed by atoms with Gasteiger partial charge in [-0.3, -0.25) is 4.79 Å². The number of nitrogens with one attached hydrogen (secondary N) is 2. The lowest BCUT2D eigenvalue weighted by molar-refractivity contribution is -0.124. The van der Waals surface area contributed by atoms with Crippen LogP contribution >= 0.6 is 0 Å². The smallest absolute Gasteiger partial charge is 0.224 e. The highest BCUT2D eigenvalue weighted by atomic mass is 16.3. The first-order valence-corrected chi connectivity index (χ1v) is 5.18. The molecule has 84 valence electrons. The maximum absolute atomic E-state index is 11.5. The summed E-state index contributed by atoms with van der Waals surface area (Å²) < 4.78 is 5.16. The minimum absolute atomic E-state index is 0.00611. The van der Waals surface area contributed by atoms with Gasteiger partial charge >= 0.3 is 0 Å². The Labute approximate surface area is 90.0 Å². The van der Waals surface area contributed by atoms with Crippen LogP contribution in [0.15, 0.2) is 22.8 Å². The van der Waals surface area contributed by atoms with Crippen LogP contribution in [-0.2, 0) is 11.2 Å². The summed E-state index contributed by atoms with van der Waals surface area (Å²) in [6, 6.07) is 3.75. The normalized spacial score (nSPS) is 12.4. The summed E-state index contributed by atoms with van der Waals surface area (Å²) in [5.74, 6) is 0.985. The Kier molecular flexibility index (Phi) is 4.90. The van der Waals surface area contributed by atoms with Crippen LogP contribution < -0.4 is 10.6 Å². The van der Waals surface area contributed by atoms with Crippen molar-refractivity contribution in [2.45, 2.75) is 13.3 Å². The molecule has 0 aromatic carbocycles. The Morgan fingerprint density at radius 3 is 3.00 bits per heavy atom. The van der Waals surface area contributed by atoms with Crippen LogP contribution in [0, 0.1) is 5.92 Å². The van der Waals surface area contributed by atoms with Crippen LogP contribution in [0.4, 0.5) is 0 Å². The molecule has 0 aliphatic rings. The number of hydrogen-bond acceptors (Lipinski definition) is 3. The van der Waals surface area contributed by atoms with Crippen LogP contribution in [0.2, 0.25) is 0 Å². The molecule has 1 unspecified atom stereocenters. The molecule has 4 heteroatoms. The predicted octanol–water partition coefficient (Wildman–Crippen LogP) is 0.794. The molecule has 0 aliphatic carbocycles. The third-order valence-corrected chi connectivity index (χ3v) is 2.21. The first-order valence-electron chi connectivity index (χ1n) is 5.18. The van der Waals surface area contributed by atoms with Gasteiger partial charge in [-0.15, -0.1) is 0 Å². The van der Waals surface area contributed by atoms with Gasteiger partial charge in [-0.25, -0.2) is 0 Å². The summed E-state index contributed by atoms with van der Waals surface area (Å²) >= 11 is 0. The Bertz CT molecular complexity index is 283. The maximum atomic E-state index is 11.5. The average molecular weight is 210 g/mol. The van der Waals surface area contributed by atoms with Crippen LogP contribution in [0.3, 0.4) is 0 Å². The molecule has 0 spiro atoms. The molecule has 0 bridgehead atoms. The summed E-state index contributed by atoms with van der Waals surface area (Å²) in [7, 11) is 1.84. The molecule has 2 N–H and O–H groups in total. The zero-order valence-corrected chi connectivity index (χ0v) is 9.25. The van der Waals surface area contributed by atoms with Crippen LogP contribution in [0.5, 0.6) is 0 Å². The fourth-order valence-electron chi connectivity index (χ4n) is 1.34. The monoisotopic (exact) mass is 210 g/mol. The van der Waals surface area contributed by atoms with Gasteiger partial charge < -0.3 is 15.1 Å². The van der Waals surface area contributed by atoms with Gasteiger partial charge in [-0.05, 0) is 19.2 Å². The topological polar surface area (TPSA) is 54.3 Å². The van der Waals surface area contributed by atoms with Gasteiger partial charge in [-0.2, -0.15) is 0 Å². The van der Waals surface area contributed by atoms with Crippen molar-refractivity contribution in [2.24, 2.45) is 5.92 Å². The van der Waals surface area contributed by atoms with Crippen molar-refractivity contribution in [1.82, 2.24) is 10.6 Å². The lowest BCUT2D eigenvalue weighted by atomic mass is 10.1. The van der Waals surface area contributed by atoms with E-state index in [0.717, 1.165) is 12.2 Å². The summed E-state index contributed by atoms with van der Waals surface area (Å²) in [4.78, 5) is 11.5. The van der Waals surface area contributed by atoms with Crippen molar-refractivity contribution in [3.05, 3.63) is 24.2 Å². The molecule has 1 aromatic rings. The first kappa shape index (κ1) is 11.8. The molecule has 1 heterocycles. The Morgan fingerprint density at radius 1 is 1.60 bits per heavy atom. The van der Waals surface area contributed by atoms with Crippen molar-refractivity contribution >= 4 is 5.91 Å². The standard InChI is InChI=1S/C11H18N2O2/c1-9(8-12-2)11(14)13-6-5-10-4-3-7-15-10/h3-4,7,9,12H,5-6,8H2,1-2H3,(H,13,14). The van der Waals surface area contributed by atoms with E-state index in [1.165, 1.54) is 0 Å². The second kappa shape index (κ2) is 6.24. The van der Waals surface area contributed by atoms with Gasteiger partial charge in [0.2, 0.25) is 5.91 Å². The van der Waals surface area contributed by atoms with Gasteiger partial charge in [-0.1, -0.05) is 6.92 Å². The number of carbonyl (C=O) groups excluding carboxylic acids is 1. The third kappa shape index (κ3) is 4.16. The number of hydrogen-bond donors (Lipinski definition) is 2. The molecule has 0 saturated carbocycles. The van der Waals surface area contributed by atoms with E-state index in [0.29, 0.717) is 13.1 Å². The summed E-state index contributed by atoms with van der Waals surface area (Å²) in [6.45, 7) is 3.23. The molecule has 0 aliphatic heterocycles. The van der Waals surface area contributed by atoms with E-state index in [4.69, 9.17) is 4.42 Å². The second-order valence-electron chi connectivity index (χ2n) is 3.58. The van der Waals surface area contributed by atoms with Crippen LogP contribution in [0.25, 0.3) is 0 Å². The van der Waals surface area contributed by atoms with E-state index < -0.39 is 0 Å². The molecule has 4 nitrogen and oxygen atoms in total. The molecule has 1 aromatic heterocycles. The van der Waals surface area contributed by atoms with Crippen LogP contribution in [-0.4, -0.2) is 26.0 Å². The van der Waals surface area contributed by atoms with Gasteiger partial charge in [0.15, 0.2) is 0 Å². The minimum Gasteiger partial charge on any atom is -0.469 e. The molecule has 0 radical (unpaired) electrons. The number of amides is 1. The van der Waals surface area contributed by atoms with Gasteiger partial charge in [0, 0.05) is 25.4 Å². The average Bonchev–Trinajstić information content (AvgIpc) is 2.71. The molecule has 1 amide bonds. The molecule has 0 saturated heterocycles. The largest absolute Gasteiger partial charge is 0.469 e. The van der Waals surface area contributed by atoms with Crippen molar-refractivity contribution < 1.29 is 9.21 Å². The van der Waals surface area contributed by atoms with Crippen molar-refractivity contribution in [2.75, 3.05) is 20.1 Å². The zero-order chi connectivity index (χ0) is 11.1. The lowest BCUT2D eigenvalue weighted by Gasteiger charge is -2.10. The summed E-state index contributed by atoms with van der Waals surface area (Å²) in [5.41, 5.74) is 0. The Hall–Kier alpha value is -1.29. The van der Waals surface area contributed by atoms with Gasteiger partial charge in [0.25, 0.3) is 0 Å². The Balaban J connectivity index is 2.17. The van der Waals surface area contributed by atoms with E-state index in [1.54, 1.807) is 6.26 Å². The predicted molar refractivity (Wildman–Crippen MR) is 58.5 cm³/mol. The Morgan fingerprint density at radius 2 is 2.40 bits per heavy atom. The van der Waals surface area contributed by atoms with Crippen LogP contribution in [0.1, 0.15) is 12.7 Å². The second-order valence-corrected chi connectivity index (χ2v) is 3.58. The first-order chi connectivity index (χ1) is 7.24. The van der Waals surface area contributed by atoms with Crippen molar-refractivity contribution in [3.63, 3.8) is 0 Å². The molecule has 1 rings (SSSR count). The van der Waals surface area contributed by atoms with Gasteiger partial charge in [0.1, 0.15) is 5.76 Å². The minimum atomic E-state index is 0.00611. The van der Waals surface area contributed by atoms with Gasteiger partial charge in [0.05, 0.1) is 6.26 Å². The highest BCUT2D eigenvalue weighted by Crippen LogP contribution is 2.00. The van der Waals surface area contributed by atoms with E-state index in [-0.39, 0.29) is 11.8 Å². The molecular weight excluding hydrogens is 192 g/mol. The van der Waals surface area contributed by atoms with E-state index in [1.807, 2.05) is 26.1 Å². The third-order valence-electron chi connectivity index (χ3n) is 2.21. The highest BCUT2D eigenvalue weighted by Gasteiger charge is 2.10. The van der Waals surface area contributed by atoms with E-state index in [9.17, 15) is 4.79 Å². The molecule has 15 heavy (non-hydrogen) atoms. The van der Waals surface area contributed by atoms with Crippen molar-refractivity contribution in [1.29, 1.82) is 0 Å². The summed E-state index contributed by atoms with van der Waals surface area (Å²) in [6.07, 6.45) is 2.38. The maximum Gasteiger partial charge on any atom is 0.224 e. The number of furan rings is 1. The number of rotatable bonds is 6. The fraction of sp³-hybridized carbons (Fsp3) is 0.545. The molecular formula is C11H18N2O2.